The molecule has 0 aliphatic carbocycles. The third kappa shape index (κ3) is 4.79. The summed E-state index contributed by atoms with van der Waals surface area (Å²) in [4.78, 5) is 2.20. The molecule has 11 heavy (non-hydrogen) atoms. The minimum absolute atomic E-state index is 0.187. The molecule has 0 rings (SSSR count). The molecular weight excluding hydrogens is 138 g/mol. The number of nitrogens with one attached hydrogen (secondary N) is 1. The Balaban J connectivity index is 3.56. The molecule has 0 radical (unpaired) electrons. The Labute approximate surface area is 69.1 Å². The molecule has 0 heterocycles. The number of rotatable bonds is 5. The smallest absolute Gasteiger partial charge is 0.0947 e. The van der Waals surface area contributed by atoms with Gasteiger partial charge in [-0.1, -0.05) is 13.8 Å². The lowest BCUT2D eigenvalue weighted by Gasteiger charge is -2.19. The molecule has 0 fully saturated rings. The lowest BCUT2D eigenvalue weighted by molar-refractivity contribution is 0.314. The van der Waals surface area contributed by atoms with Gasteiger partial charge in [-0.2, -0.15) is 0 Å². The van der Waals surface area contributed by atoms with E-state index in [2.05, 4.69) is 18.9 Å². The fourth-order valence-electron chi connectivity index (χ4n) is 1.04. The Morgan fingerprint density at radius 1 is 1.64 bits per heavy atom. The Kier molecular flexibility index (Phi) is 4.86. The summed E-state index contributed by atoms with van der Waals surface area (Å²) in [7, 11) is 2.06. The second-order valence-electron chi connectivity index (χ2n) is 3.12. The van der Waals surface area contributed by atoms with Crippen LogP contribution in [0.1, 0.15) is 20.3 Å². The second-order valence-corrected chi connectivity index (χ2v) is 3.12. The zero-order valence-corrected chi connectivity index (χ0v) is 7.72. The van der Waals surface area contributed by atoms with Crippen molar-refractivity contribution in [3.8, 4) is 0 Å². The molecule has 0 bridgehead atoms. The van der Waals surface area contributed by atoms with Gasteiger partial charge in [-0.25, -0.2) is 0 Å². The summed E-state index contributed by atoms with van der Waals surface area (Å²) in [5.74, 6) is 0.472. The van der Waals surface area contributed by atoms with E-state index in [4.69, 9.17) is 11.1 Å². The fourth-order valence-corrected chi connectivity index (χ4v) is 1.04. The molecule has 66 valence electrons. The summed E-state index contributed by atoms with van der Waals surface area (Å²) in [5.41, 5.74) is 5.34. The van der Waals surface area contributed by atoms with Gasteiger partial charge >= 0.3 is 0 Å². The molecule has 0 aromatic carbocycles. The highest BCUT2D eigenvalue weighted by molar-refractivity contribution is 5.79. The molecule has 0 aliphatic heterocycles. The molecular formula is C8H19N3. The van der Waals surface area contributed by atoms with Gasteiger partial charge in [0.1, 0.15) is 0 Å². The second kappa shape index (κ2) is 5.13. The molecule has 3 nitrogen and oxygen atoms in total. The average Bonchev–Trinajstić information content (AvgIpc) is 1.87. The molecule has 0 saturated carbocycles. The molecule has 3 heteroatoms. The highest BCUT2D eigenvalue weighted by Gasteiger charge is 2.07. The van der Waals surface area contributed by atoms with Gasteiger partial charge in [-0.15, -0.1) is 0 Å². The maximum absolute atomic E-state index is 7.18. The minimum atomic E-state index is 0.187. The minimum Gasteiger partial charge on any atom is -0.387 e. The van der Waals surface area contributed by atoms with Crippen LogP contribution in [0.25, 0.3) is 0 Å². The third-order valence-electron chi connectivity index (χ3n) is 1.72. The van der Waals surface area contributed by atoms with Crippen LogP contribution in [0.5, 0.6) is 0 Å². The van der Waals surface area contributed by atoms with Gasteiger partial charge in [0.15, 0.2) is 0 Å². The van der Waals surface area contributed by atoms with Crippen molar-refractivity contribution >= 4 is 5.84 Å². The van der Waals surface area contributed by atoms with Crippen molar-refractivity contribution in [3.05, 3.63) is 0 Å². The van der Waals surface area contributed by atoms with E-state index >= 15 is 0 Å². The van der Waals surface area contributed by atoms with Gasteiger partial charge in [-0.05, 0) is 20.0 Å². The normalized spacial score (nSPS) is 13.5. The predicted molar refractivity (Wildman–Crippen MR) is 48.9 cm³/mol. The van der Waals surface area contributed by atoms with E-state index in [1.165, 1.54) is 0 Å². The Morgan fingerprint density at radius 3 is 2.55 bits per heavy atom. The van der Waals surface area contributed by atoms with E-state index in [-0.39, 0.29) is 11.8 Å². The molecule has 0 spiro atoms. The Bertz CT molecular complexity index is 123. The van der Waals surface area contributed by atoms with Gasteiger partial charge in [0.2, 0.25) is 0 Å². The van der Waals surface area contributed by atoms with Gasteiger partial charge in [-0.3, -0.25) is 5.41 Å². The summed E-state index contributed by atoms with van der Waals surface area (Å²) in [6.07, 6.45) is 1.15. The van der Waals surface area contributed by atoms with Crippen LogP contribution in [0.4, 0.5) is 0 Å². The average molecular weight is 157 g/mol. The topological polar surface area (TPSA) is 53.1 Å². The van der Waals surface area contributed by atoms with Crippen LogP contribution in [-0.2, 0) is 0 Å². The van der Waals surface area contributed by atoms with Crippen molar-refractivity contribution in [3.63, 3.8) is 0 Å². The van der Waals surface area contributed by atoms with Crippen molar-refractivity contribution in [2.75, 3.05) is 20.1 Å². The molecule has 0 aromatic heterocycles. The van der Waals surface area contributed by atoms with Crippen molar-refractivity contribution in [1.29, 1.82) is 5.41 Å². The van der Waals surface area contributed by atoms with Crippen molar-refractivity contribution in [1.82, 2.24) is 4.90 Å². The van der Waals surface area contributed by atoms with E-state index in [0.717, 1.165) is 19.5 Å². The van der Waals surface area contributed by atoms with E-state index in [9.17, 15) is 0 Å². The number of nitrogens with two attached hydrogens (primary N) is 1. The zero-order valence-electron chi connectivity index (χ0n) is 7.72. The first-order chi connectivity index (χ1) is 5.07. The first-order valence-electron chi connectivity index (χ1n) is 4.10. The molecule has 0 saturated heterocycles. The SMILES string of the molecule is CCCN(C)CC(C)C(=N)N. The molecule has 1 unspecified atom stereocenters. The maximum Gasteiger partial charge on any atom is 0.0947 e. The first-order valence-corrected chi connectivity index (χ1v) is 4.10. The van der Waals surface area contributed by atoms with Crippen LogP contribution in [0.3, 0.4) is 0 Å². The van der Waals surface area contributed by atoms with Crippen LogP contribution in [0, 0.1) is 11.3 Å². The van der Waals surface area contributed by atoms with Crippen LogP contribution >= 0.6 is 0 Å². The van der Waals surface area contributed by atoms with Crippen molar-refractivity contribution in [2.24, 2.45) is 11.7 Å². The summed E-state index contributed by atoms with van der Waals surface area (Å²) in [6.45, 7) is 6.10. The third-order valence-corrected chi connectivity index (χ3v) is 1.72. The number of nitrogens with zero attached hydrogens (tertiary/aromatic N) is 1. The van der Waals surface area contributed by atoms with Gasteiger partial charge < -0.3 is 10.6 Å². The summed E-state index contributed by atoms with van der Waals surface area (Å²) in [5, 5.41) is 7.18. The maximum atomic E-state index is 7.18. The molecule has 3 N–H and O–H groups in total. The lowest BCUT2D eigenvalue weighted by atomic mass is 10.1. The molecule has 0 aliphatic rings. The standard InChI is InChI=1S/C8H19N3/c1-4-5-11(3)6-7(2)8(9)10/h7H,4-6H2,1-3H3,(H3,9,10). The van der Waals surface area contributed by atoms with Gasteiger partial charge in [0.25, 0.3) is 0 Å². The predicted octanol–water partition coefficient (Wildman–Crippen LogP) is 0.900. The van der Waals surface area contributed by atoms with Crippen LogP contribution in [0.2, 0.25) is 0 Å². The Morgan fingerprint density at radius 2 is 2.18 bits per heavy atom. The summed E-state index contributed by atoms with van der Waals surface area (Å²) >= 11 is 0. The van der Waals surface area contributed by atoms with E-state index in [0.29, 0.717) is 0 Å². The summed E-state index contributed by atoms with van der Waals surface area (Å²) < 4.78 is 0. The van der Waals surface area contributed by atoms with Gasteiger partial charge in [0, 0.05) is 12.5 Å². The highest BCUT2D eigenvalue weighted by Crippen LogP contribution is 1.97. The number of amidine groups is 1. The summed E-state index contributed by atoms with van der Waals surface area (Å²) in [6, 6.07) is 0. The van der Waals surface area contributed by atoms with Crippen molar-refractivity contribution < 1.29 is 0 Å². The molecule has 1 atom stereocenters. The monoisotopic (exact) mass is 157 g/mol. The largest absolute Gasteiger partial charge is 0.387 e. The molecule has 0 aromatic rings. The van der Waals surface area contributed by atoms with E-state index in [1.54, 1.807) is 0 Å². The molecule has 0 amide bonds. The van der Waals surface area contributed by atoms with Crippen LogP contribution in [0.15, 0.2) is 0 Å². The fraction of sp³-hybridized carbons (Fsp3) is 0.875. The number of hydrogen-bond donors (Lipinski definition) is 2. The Hall–Kier alpha value is -0.570. The first kappa shape index (κ1) is 10.4. The quantitative estimate of drug-likeness (QED) is 0.460. The van der Waals surface area contributed by atoms with Gasteiger partial charge in [0.05, 0.1) is 5.84 Å². The number of hydrogen-bond acceptors (Lipinski definition) is 2. The zero-order chi connectivity index (χ0) is 8.85. The van der Waals surface area contributed by atoms with E-state index in [1.807, 2.05) is 6.92 Å². The van der Waals surface area contributed by atoms with Crippen LogP contribution < -0.4 is 5.73 Å². The highest BCUT2D eigenvalue weighted by atomic mass is 15.1. The van der Waals surface area contributed by atoms with E-state index < -0.39 is 0 Å². The van der Waals surface area contributed by atoms with Crippen molar-refractivity contribution in [2.45, 2.75) is 20.3 Å². The lowest BCUT2D eigenvalue weighted by Crippen LogP contribution is -2.32. The van der Waals surface area contributed by atoms with Crippen LogP contribution in [-0.4, -0.2) is 30.9 Å².